The van der Waals surface area contributed by atoms with Crippen LogP contribution in [0.3, 0.4) is 0 Å². The smallest absolute Gasteiger partial charge is 0.159 e. The first-order chi connectivity index (χ1) is 23.0. The van der Waals surface area contributed by atoms with E-state index < -0.39 is 0 Å². The molecule has 1 aromatic heterocycles. The van der Waals surface area contributed by atoms with E-state index >= 15 is 0 Å². The van der Waals surface area contributed by atoms with Gasteiger partial charge >= 0.3 is 0 Å². The molecule has 9 rings (SSSR count). The Kier molecular flexibility index (Phi) is 5.90. The maximum absolute atomic E-state index is 6.99. The summed E-state index contributed by atoms with van der Waals surface area (Å²) in [7, 11) is 0. The fourth-order valence-corrected chi connectivity index (χ4v) is 8.66. The van der Waals surface area contributed by atoms with Crippen molar-refractivity contribution in [3.8, 4) is 22.3 Å². The molecule has 0 spiro atoms. The molecule has 6 aromatic carbocycles. The lowest BCUT2D eigenvalue weighted by Gasteiger charge is -2.29. The highest BCUT2D eigenvalue weighted by Crippen LogP contribution is 2.54. The van der Waals surface area contributed by atoms with Gasteiger partial charge in [-0.25, -0.2) is 0 Å². The van der Waals surface area contributed by atoms with Gasteiger partial charge in [-0.05, 0) is 80.3 Å². The van der Waals surface area contributed by atoms with Gasteiger partial charge < -0.3 is 9.32 Å². The maximum Gasteiger partial charge on any atom is 0.159 e. The number of hydrogen-bond donors (Lipinski definition) is 0. The Hall–Kier alpha value is -5.08. The molecule has 0 radical (unpaired) electrons. The first-order valence-corrected chi connectivity index (χ1v) is 17.2. The molecule has 236 valence electrons. The first kappa shape index (κ1) is 29.1. The van der Waals surface area contributed by atoms with Crippen molar-refractivity contribution < 1.29 is 4.42 Å². The molecule has 48 heavy (non-hydrogen) atoms. The Bertz CT molecular complexity index is 2340. The van der Waals surface area contributed by atoms with Crippen LogP contribution in [0.5, 0.6) is 0 Å². The van der Waals surface area contributed by atoms with Crippen LogP contribution in [-0.2, 0) is 16.2 Å². The van der Waals surface area contributed by atoms with Gasteiger partial charge in [0.2, 0.25) is 0 Å². The van der Waals surface area contributed by atoms with Crippen molar-refractivity contribution >= 4 is 39.0 Å². The minimum absolute atomic E-state index is 0.0472. The molecule has 2 heteroatoms. The topological polar surface area (TPSA) is 16.4 Å². The van der Waals surface area contributed by atoms with Crippen molar-refractivity contribution in [3.63, 3.8) is 0 Å². The summed E-state index contributed by atoms with van der Waals surface area (Å²) >= 11 is 0. The summed E-state index contributed by atoms with van der Waals surface area (Å²) in [5.74, 6) is 0. The van der Waals surface area contributed by atoms with Crippen LogP contribution < -0.4 is 4.90 Å². The van der Waals surface area contributed by atoms with Crippen LogP contribution in [0, 0.1) is 0 Å². The van der Waals surface area contributed by atoms with Gasteiger partial charge in [-0.1, -0.05) is 139 Å². The molecule has 0 fully saturated rings. The van der Waals surface area contributed by atoms with Crippen LogP contribution in [0.1, 0.15) is 76.3 Å². The number of hydrogen-bond acceptors (Lipinski definition) is 2. The van der Waals surface area contributed by atoms with Crippen LogP contribution in [0.4, 0.5) is 17.1 Å². The highest BCUT2D eigenvalue weighted by molar-refractivity contribution is 6.11. The SMILES string of the molecule is CC(C)(C)c1cccc2c1oc1c(N(c3ccc4c(c3)C(C)(C)c3ccccc3-4)c3ccc4c(c3)C(C)(C)c3ccccc3-4)cccc12. The van der Waals surface area contributed by atoms with Gasteiger partial charge in [-0.2, -0.15) is 0 Å². The van der Waals surface area contributed by atoms with Crippen molar-refractivity contribution in [1.29, 1.82) is 0 Å². The third-order valence-corrected chi connectivity index (χ3v) is 11.2. The van der Waals surface area contributed by atoms with Crippen LogP contribution in [-0.4, -0.2) is 0 Å². The fourth-order valence-electron chi connectivity index (χ4n) is 8.66. The van der Waals surface area contributed by atoms with Gasteiger partial charge in [-0.15, -0.1) is 0 Å². The number of para-hydroxylation sites is 2. The number of fused-ring (bicyclic) bond motifs is 9. The minimum atomic E-state index is -0.109. The Balaban J connectivity index is 1.31. The van der Waals surface area contributed by atoms with E-state index in [0.717, 1.165) is 39.0 Å². The first-order valence-electron chi connectivity index (χ1n) is 17.2. The predicted octanol–water partition coefficient (Wildman–Crippen LogP) is 13.0. The third kappa shape index (κ3) is 3.92. The molecular weight excluding hydrogens is 583 g/mol. The second-order valence-electron chi connectivity index (χ2n) is 15.8. The minimum Gasteiger partial charge on any atom is -0.454 e. The summed E-state index contributed by atoms with van der Waals surface area (Å²) in [4.78, 5) is 2.43. The summed E-state index contributed by atoms with van der Waals surface area (Å²) in [6, 6.07) is 45.0. The maximum atomic E-state index is 6.99. The van der Waals surface area contributed by atoms with Crippen molar-refractivity contribution in [1.82, 2.24) is 0 Å². The molecular formula is C46H41NO. The van der Waals surface area contributed by atoms with E-state index in [1.165, 1.54) is 50.1 Å². The number of benzene rings is 6. The lowest BCUT2D eigenvalue weighted by Crippen LogP contribution is -2.18. The number of rotatable bonds is 3. The second kappa shape index (κ2) is 9.73. The summed E-state index contributed by atoms with van der Waals surface area (Å²) in [5.41, 5.74) is 16.9. The monoisotopic (exact) mass is 623 g/mol. The molecule has 0 atom stereocenters. The van der Waals surface area contributed by atoms with E-state index in [1.807, 2.05) is 0 Å². The highest BCUT2D eigenvalue weighted by Gasteiger charge is 2.38. The molecule has 0 amide bonds. The number of nitrogens with zero attached hydrogens (tertiary/aromatic N) is 1. The molecule has 7 aromatic rings. The summed E-state index contributed by atoms with van der Waals surface area (Å²) in [5, 5.41) is 2.30. The summed E-state index contributed by atoms with van der Waals surface area (Å²) < 4.78 is 6.99. The number of anilines is 3. The van der Waals surface area contributed by atoms with Gasteiger partial charge in [0, 0.05) is 38.5 Å². The Morgan fingerprint density at radius 1 is 0.479 bits per heavy atom. The number of furan rings is 1. The molecule has 0 aliphatic heterocycles. The summed E-state index contributed by atoms with van der Waals surface area (Å²) in [6.07, 6.45) is 0. The molecule has 2 aliphatic carbocycles. The van der Waals surface area contributed by atoms with Crippen LogP contribution >= 0.6 is 0 Å². The van der Waals surface area contributed by atoms with Crippen LogP contribution in [0.15, 0.2) is 126 Å². The normalized spacial score (nSPS) is 15.3. The van der Waals surface area contributed by atoms with Crippen molar-refractivity contribution in [3.05, 3.63) is 149 Å². The average molecular weight is 624 g/mol. The van der Waals surface area contributed by atoms with E-state index in [0.29, 0.717) is 0 Å². The molecule has 0 N–H and O–H groups in total. The Labute approximate surface area is 283 Å². The van der Waals surface area contributed by atoms with E-state index in [4.69, 9.17) is 4.42 Å². The lowest BCUT2D eigenvalue weighted by molar-refractivity contribution is 0.573. The molecule has 1 heterocycles. The third-order valence-electron chi connectivity index (χ3n) is 11.2. The van der Waals surface area contributed by atoms with Gasteiger partial charge in [0.05, 0.1) is 5.69 Å². The van der Waals surface area contributed by atoms with Crippen molar-refractivity contribution in [2.75, 3.05) is 4.90 Å². The predicted molar refractivity (Wildman–Crippen MR) is 202 cm³/mol. The second-order valence-corrected chi connectivity index (χ2v) is 15.8. The van der Waals surface area contributed by atoms with Crippen molar-refractivity contribution in [2.24, 2.45) is 0 Å². The molecule has 0 unspecified atom stereocenters. The lowest BCUT2D eigenvalue weighted by atomic mass is 9.82. The zero-order valence-electron chi connectivity index (χ0n) is 28.9. The van der Waals surface area contributed by atoms with E-state index in [1.54, 1.807) is 0 Å². The van der Waals surface area contributed by atoms with Gasteiger partial charge in [-0.3, -0.25) is 0 Å². The largest absolute Gasteiger partial charge is 0.454 e. The van der Waals surface area contributed by atoms with Gasteiger partial charge in [0.25, 0.3) is 0 Å². The molecule has 0 saturated heterocycles. The van der Waals surface area contributed by atoms with Gasteiger partial charge in [0.1, 0.15) is 5.58 Å². The standard InChI is InChI=1S/C46H41NO/c1-44(2,3)38-20-12-16-34-35-17-13-21-41(43(35)48-42(34)38)47(28-22-24-32-30-14-8-10-18-36(30)45(4,5)39(32)26-28)29-23-25-33-31-15-9-11-19-37(31)46(6,7)40(33)27-29/h8-27H,1-7H3. The Morgan fingerprint density at radius 3 is 1.50 bits per heavy atom. The van der Waals surface area contributed by atoms with Crippen LogP contribution in [0.2, 0.25) is 0 Å². The van der Waals surface area contributed by atoms with E-state index in [9.17, 15) is 0 Å². The molecule has 0 saturated carbocycles. The van der Waals surface area contributed by atoms with E-state index in [2.05, 4.69) is 175 Å². The summed E-state index contributed by atoms with van der Waals surface area (Å²) in [6.45, 7) is 16.2. The average Bonchev–Trinajstić information content (AvgIpc) is 3.65. The highest BCUT2D eigenvalue weighted by atomic mass is 16.3. The quantitative estimate of drug-likeness (QED) is 0.195. The van der Waals surface area contributed by atoms with E-state index in [-0.39, 0.29) is 16.2 Å². The molecule has 0 bridgehead atoms. The zero-order chi connectivity index (χ0) is 33.2. The van der Waals surface area contributed by atoms with Crippen molar-refractivity contribution in [2.45, 2.75) is 64.7 Å². The Morgan fingerprint density at radius 2 is 0.958 bits per heavy atom. The van der Waals surface area contributed by atoms with Crippen LogP contribution in [0.25, 0.3) is 44.2 Å². The fraction of sp³-hybridized carbons (Fsp3) is 0.217. The van der Waals surface area contributed by atoms with Gasteiger partial charge in [0.15, 0.2) is 5.58 Å². The molecule has 2 nitrogen and oxygen atoms in total. The molecule has 2 aliphatic rings. The zero-order valence-corrected chi connectivity index (χ0v) is 28.9.